The van der Waals surface area contributed by atoms with Crippen LogP contribution in [0.1, 0.15) is 0 Å². The summed E-state index contributed by atoms with van der Waals surface area (Å²) < 4.78 is 2.60. The van der Waals surface area contributed by atoms with E-state index in [2.05, 4.69) is 115 Å². The second kappa shape index (κ2) is 10.3. The summed E-state index contributed by atoms with van der Waals surface area (Å²) >= 11 is 1.88. The highest BCUT2D eigenvalue weighted by Crippen LogP contribution is 2.53. The highest BCUT2D eigenvalue weighted by atomic mass is 32.1. The first-order valence-electron chi connectivity index (χ1n) is 15.8. The van der Waals surface area contributed by atoms with Gasteiger partial charge < -0.3 is 0 Å². The number of benzene rings is 7. The number of fused-ring (bicyclic) bond motifs is 7. The van der Waals surface area contributed by atoms with Crippen molar-refractivity contribution >= 4 is 42.3 Å². The van der Waals surface area contributed by atoms with Crippen molar-refractivity contribution in [3.05, 3.63) is 152 Å². The van der Waals surface area contributed by atoms with Gasteiger partial charge in [-0.15, -0.1) is 11.3 Å². The van der Waals surface area contributed by atoms with Gasteiger partial charge in [0.1, 0.15) is 0 Å². The molecule has 2 heterocycles. The molecular formula is C43H25N3S. The maximum atomic E-state index is 5.10. The predicted molar refractivity (Wildman–Crippen MR) is 196 cm³/mol. The summed E-state index contributed by atoms with van der Waals surface area (Å²) in [6, 6.07) is 53.5. The van der Waals surface area contributed by atoms with E-state index < -0.39 is 0 Å². The van der Waals surface area contributed by atoms with Gasteiger partial charge in [-0.2, -0.15) is 0 Å². The zero-order valence-corrected chi connectivity index (χ0v) is 26.0. The normalized spacial score (nSPS) is 11.8. The molecule has 0 aliphatic heterocycles. The van der Waals surface area contributed by atoms with E-state index in [1.807, 2.05) is 47.7 Å². The summed E-state index contributed by atoms with van der Waals surface area (Å²) in [5, 5.41) is 5.25. The first-order valence-corrected chi connectivity index (χ1v) is 16.6. The van der Waals surface area contributed by atoms with Gasteiger partial charge in [-0.3, -0.25) is 0 Å². The summed E-state index contributed by atoms with van der Waals surface area (Å²) in [5.74, 6) is 1.98. The van der Waals surface area contributed by atoms with Crippen molar-refractivity contribution < 1.29 is 0 Å². The molecule has 0 bridgehead atoms. The van der Waals surface area contributed by atoms with Gasteiger partial charge in [0, 0.05) is 42.2 Å². The van der Waals surface area contributed by atoms with Gasteiger partial charge in [0.25, 0.3) is 0 Å². The Bertz CT molecular complexity index is 2620. The number of nitrogens with zero attached hydrogens (tertiary/aromatic N) is 3. The highest BCUT2D eigenvalue weighted by molar-refractivity contribution is 7.26. The fourth-order valence-electron chi connectivity index (χ4n) is 7.21. The number of aromatic nitrogens is 3. The summed E-state index contributed by atoms with van der Waals surface area (Å²) in [7, 11) is 0. The van der Waals surface area contributed by atoms with E-state index in [0.29, 0.717) is 17.5 Å². The van der Waals surface area contributed by atoms with E-state index in [9.17, 15) is 0 Å². The van der Waals surface area contributed by atoms with Crippen LogP contribution in [0.25, 0.3) is 98.5 Å². The molecule has 0 fully saturated rings. The molecular weight excluding hydrogens is 591 g/mol. The quantitative estimate of drug-likeness (QED) is 0.198. The minimum absolute atomic E-state index is 0.660. The third kappa shape index (κ3) is 4.02. The second-order valence-corrected chi connectivity index (χ2v) is 13.0. The summed E-state index contributed by atoms with van der Waals surface area (Å²) in [6.07, 6.45) is 0. The van der Waals surface area contributed by atoms with Gasteiger partial charge in [0.15, 0.2) is 17.5 Å². The molecule has 0 N–H and O–H groups in total. The SMILES string of the molecule is c1ccc(-c2nc(-c3ccccc3)nc(-c3ccccc3-c3cccc4sc5c6cccc7c6c(cc5c34)-c3ccccc3-7)n2)cc1. The molecule has 7 aromatic carbocycles. The Labute approximate surface area is 275 Å². The Balaban J connectivity index is 1.24. The van der Waals surface area contributed by atoms with Crippen LogP contribution in [-0.4, -0.2) is 15.0 Å². The monoisotopic (exact) mass is 615 g/mol. The van der Waals surface area contributed by atoms with Crippen LogP contribution >= 0.6 is 11.3 Å². The maximum Gasteiger partial charge on any atom is 0.164 e. The minimum Gasteiger partial charge on any atom is -0.208 e. The van der Waals surface area contributed by atoms with E-state index in [1.54, 1.807) is 0 Å². The zero-order chi connectivity index (χ0) is 30.9. The molecule has 2 aromatic heterocycles. The number of hydrogen-bond donors (Lipinski definition) is 0. The lowest BCUT2D eigenvalue weighted by Crippen LogP contribution is -2.01. The third-order valence-corrected chi connectivity index (χ3v) is 10.5. The van der Waals surface area contributed by atoms with E-state index in [-0.39, 0.29) is 0 Å². The topological polar surface area (TPSA) is 38.7 Å². The molecule has 3 nitrogen and oxygen atoms in total. The molecule has 0 radical (unpaired) electrons. The van der Waals surface area contributed by atoms with Crippen molar-refractivity contribution in [2.75, 3.05) is 0 Å². The Kier molecular flexibility index (Phi) is 5.74. The van der Waals surface area contributed by atoms with E-state index >= 15 is 0 Å². The van der Waals surface area contributed by atoms with Crippen molar-refractivity contribution in [3.63, 3.8) is 0 Å². The lowest BCUT2D eigenvalue weighted by Gasteiger charge is -2.13. The van der Waals surface area contributed by atoms with E-state index in [4.69, 9.17) is 15.0 Å². The molecule has 9 aromatic rings. The van der Waals surface area contributed by atoms with Crippen LogP contribution in [-0.2, 0) is 0 Å². The minimum atomic E-state index is 0.660. The number of thiophene rings is 1. The summed E-state index contributed by atoms with van der Waals surface area (Å²) in [6.45, 7) is 0. The van der Waals surface area contributed by atoms with Gasteiger partial charge in [-0.05, 0) is 50.9 Å². The summed E-state index contributed by atoms with van der Waals surface area (Å²) in [4.78, 5) is 15.1. The fourth-order valence-corrected chi connectivity index (χ4v) is 8.45. The number of hydrogen-bond acceptors (Lipinski definition) is 4. The van der Waals surface area contributed by atoms with Crippen LogP contribution < -0.4 is 0 Å². The van der Waals surface area contributed by atoms with Gasteiger partial charge >= 0.3 is 0 Å². The third-order valence-electron chi connectivity index (χ3n) is 9.28. The van der Waals surface area contributed by atoms with Crippen molar-refractivity contribution in [3.8, 4) is 67.5 Å². The van der Waals surface area contributed by atoms with Crippen molar-refractivity contribution in [1.29, 1.82) is 0 Å². The molecule has 0 saturated carbocycles. The average Bonchev–Trinajstić information content (AvgIpc) is 3.69. The van der Waals surface area contributed by atoms with E-state index in [1.165, 1.54) is 58.8 Å². The Morgan fingerprint density at radius 2 is 0.830 bits per heavy atom. The zero-order valence-electron chi connectivity index (χ0n) is 25.2. The largest absolute Gasteiger partial charge is 0.208 e. The fraction of sp³-hybridized carbons (Fsp3) is 0. The van der Waals surface area contributed by atoms with Gasteiger partial charge in [-0.25, -0.2) is 15.0 Å². The predicted octanol–water partition coefficient (Wildman–Crippen LogP) is 11.7. The van der Waals surface area contributed by atoms with Crippen LogP contribution in [0.4, 0.5) is 0 Å². The Morgan fingerprint density at radius 3 is 1.49 bits per heavy atom. The molecule has 0 amide bonds. The molecule has 4 heteroatoms. The molecule has 0 spiro atoms. The van der Waals surface area contributed by atoms with Crippen LogP contribution in [0.2, 0.25) is 0 Å². The smallest absolute Gasteiger partial charge is 0.164 e. The first kappa shape index (κ1) is 26.3. The van der Waals surface area contributed by atoms with Gasteiger partial charge in [-0.1, -0.05) is 140 Å². The van der Waals surface area contributed by atoms with Crippen LogP contribution in [0.15, 0.2) is 152 Å². The van der Waals surface area contributed by atoms with Gasteiger partial charge in [0.2, 0.25) is 0 Å². The van der Waals surface area contributed by atoms with E-state index in [0.717, 1.165) is 22.3 Å². The summed E-state index contributed by atoms with van der Waals surface area (Å²) in [5.41, 5.74) is 10.5. The number of rotatable bonds is 4. The average molecular weight is 616 g/mol. The van der Waals surface area contributed by atoms with Crippen molar-refractivity contribution in [1.82, 2.24) is 15.0 Å². The van der Waals surface area contributed by atoms with Crippen molar-refractivity contribution in [2.24, 2.45) is 0 Å². The molecule has 0 unspecified atom stereocenters. The van der Waals surface area contributed by atoms with Crippen LogP contribution in [0, 0.1) is 0 Å². The van der Waals surface area contributed by atoms with Crippen LogP contribution in [0.3, 0.4) is 0 Å². The molecule has 1 aliphatic rings. The first-order chi connectivity index (χ1) is 23.3. The molecule has 0 saturated heterocycles. The second-order valence-electron chi connectivity index (χ2n) is 11.9. The molecule has 1 aliphatic carbocycles. The lowest BCUT2D eigenvalue weighted by molar-refractivity contribution is 1.07. The molecule has 47 heavy (non-hydrogen) atoms. The Morgan fingerprint density at radius 1 is 0.340 bits per heavy atom. The molecule has 218 valence electrons. The molecule has 10 rings (SSSR count). The standard InChI is InChI=1S/C43H25N3S/c1-3-13-26(14-4-1)41-44-42(27-15-5-2-6-16-27)46-43(45-41)33-20-10-9-19-30(33)32-22-12-24-37-39(32)36-25-35-29-18-8-7-17-28(29)31-21-11-23-34(38(31)35)40(36)47-37/h1-25H. The Hall–Kier alpha value is -5.97. The van der Waals surface area contributed by atoms with Gasteiger partial charge in [0.05, 0.1) is 0 Å². The van der Waals surface area contributed by atoms with Crippen molar-refractivity contribution in [2.45, 2.75) is 0 Å². The molecule has 0 atom stereocenters. The highest BCUT2D eigenvalue weighted by Gasteiger charge is 2.25. The maximum absolute atomic E-state index is 5.10. The van der Waals surface area contributed by atoms with Crippen LogP contribution in [0.5, 0.6) is 0 Å². The lowest BCUT2D eigenvalue weighted by atomic mass is 9.93.